The molecule has 0 bridgehead atoms. The summed E-state index contributed by atoms with van der Waals surface area (Å²) in [5.74, 6) is 0.492. The second kappa shape index (κ2) is 7.83. The average Bonchev–Trinajstić information content (AvgIpc) is 2.87. The Labute approximate surface area is 201 Å². The predicted octanol–water partition coefficient (Wildman–Crippen LogP) is 9.14. The molecule has 0 amide bonds. The number of hydrogen-bond donors (Lipinski definition) is 0. The zero-order valence-corrected chi connectivity index (χ0v) is 22.4. The van der Waals surface area contributed by atoms with Gasteiger partial charge in [-0.05, 0) is 87.9 Å². The summed E-state index contributed by atoms with van der Waals surface area (Å²) < 4.78 is 0. The van der Waals surface area contributed by atoms with Gasteiger partial charge < -0.3 is 0 Å². The molecule has 4 rings (SSSR count). The Morgan fingerprint density at radius 1 is 0.758 bits per heavy atom. The number of pyridine rings is 1. The second-order valence-electron chi connectivity index (χ2n) is 11.9. The van der Waals surface area contributed by atoms with Crippen LogP contribution in [0.4, 0.5) is 0 Å². The highest BCUT2D eigenvalue weighted by Crippen LogP contribution is 2.62. The van der Waals surface area contributed by atoms with Crippen molar-refractivity contribution in [1.29, 1.82) is 0 Å². The predicted molar refractivity (Wildman–Crippen MR) is 143 cm³/mol. The van der Waals surface area contributed by atoms with Crippen molar-refractivity contribution in [3.63, 3.8) is 0 Å². The van der Waals surface area contributed by atoms with E-state index in [0.717, 1.165) is 12.1 Å². The van der Waals surface area contributed by atoms with E-state index in [9.17, 15) is 0 Å². The van der Waals surface area contributed by atoms with Crippen LogP contribution < -0.4 is 0 Å². The van der Waals surface area contributed by atoms with E-state index in [2.05, 4.69) is 118 Å². The molecular weight excluding hydrogens is 398 g/mol. The van der Waals surface area contributed by atoms with E-state index in [0.29, 0.717) is 5.92 Å². The van der Waals surface area contributed by atoms with Crippen LogP contribution in [0.5, 0.6) is 0 Å². The van der Waals surface area contributed by atoms with E-state index in [1.165, 1.54) is 44.5 Å². The molecule has 1 nitrogen and oxygen atoms in total. The molecule has 0 spiro atoms. The van der Waals surface area contributed by atoms with Gasteiger partial charge in [0.05, 0.1) is 5.69 Å². The Kier molecular flexibility index (Phi) is 5.63. The van der Waals surface area contributed by atoms with Crippen molar-refractivity contribution in [3.8, 4) is 22.4 Å². The Morgan fingerprint density at radius 2 is 1.36 bits per heavy atom. The molecule has 1 unspecified atom stereocenters. The molecule has 0 radical (unpaired) electrons. The lowest BCUT2D eigenvalue weighted by Crippen LogP contribution is -2.42. The van der Waals surface area contributed by atoms with Crippen LogP contribution in [0, 0.1) is 19.3 Å². The smallest absolute Gasteiger partial charge is 0.0708 e. The molecule has 1 heterocycles. The summed E-state index contributed by atoms with van der Waals surface area (Å²) in [5, 5.41) is 0. The summed E-state index contributed by atoms with van der Waals surface area (Å²) in [5.41, 5.74) is 12.3. The number of aromatic nitrogens is 1. The van der Waals surface area contributed by atoms with Crippen molar-refractivity contribution in [2.45, 2.75) is 92.4 Å². The molecule has 174 valence electrons. The second-order valence-corrected chi connectivity index (χ2v) is 11.9. The number of nitrogens with zero attached hydrogens (tertiary/aromatic N) is 1. The molecule has 1 aliphatic carbocycles. The minimum Gasteiger partial charge on any atom is -0.256 e. The fraction of sp³-hybridized carbons (Fsp3) is 0.469. The highest BCUT2D eigenvalue weighted by atomic mass is 14.7. The summed E-state index contributed by atoms with van der Waals surface area (Å²) in [4.78, 5) is 5.05. The first-order valence-electron chi connectivity index (χ1n) is 12.6. The zero-order valence-electron chi connectivity index (χ0n) is 22.4. The molecule has 0 saturated carbocycles. The first kappa shape index (κ1) is 23.7. The standard InChI is InChI=1S/C32H41N/c1-11-20(2)24-17-27-28(31(7,8)32(9,10)30(27,5)6)18-25(24)29-16-22(4)26(19-33-29)23-15-13-12-14-21(23)3/h12-20H,11H2,1-10H3. The molecule has 33 heavy (non-hydrogen) atoms. The van der Waals surface area contributed by atoms with Gasteiger partial charge in [-0.2, -0.15) is 0 Å². The van der Waals surface area contributed by atoms with E-state index in [1.54, 1.807) is 0 Å². The molecule has 0 N–H and O–H groups in total. The number of aryl methyl sites for hydroxylation is 2. The van der Waals surface area contributed by atoms with Crippen molar-refractivity contribution in [2.24, 2.45) is 5.41 Å². The van der Waals surface area contributed by atoms with Crippen molar-refractivity contribution >= 4 is 0 Å². The van der Waals surface area contributed by atoms with Gasteiger partial charge in [0.15, 0.2) is 0 Å². The van der Waals surface area contributed by atoms with Gasteiger partial charge in [-0.1, -0.05) is 85.7 Å². The van der Waals surface area contributed by atoms with Crippen LogP contribution in [-0.4, -0.2) is 4.98 Å². The van der Waals surface area contributed by atoms with Gasteiger partial charge in [0.25, 0.3) is 0 Å². The number of rotatable bonds is 4. The first-order valence-corrected chi connectivity index (χ1v) is 12.6. The SMILES string of the molecule is CCC(C)c1cc2c(cc1-c1cc(C)c(-c3ccccc3C)cn1)C(C)(C)C(C)(C)C2(C)C. The largest absolute Gasteiger partial charge is 0.256 e. The van der Waals surface area contributed by atoms with Crippen LogP contribution in [-0.2, 0) is 10.8 Å². The summed E-state index contributed by atoms with van der Waals surface area (Å²) in [6.45, 7) is 23.6. The quantitative estimate of drug-likeness (QED) is 0.395. The number of fused-ring (bicyclic) bond motifs is 1. The van der Waals surface area contributed by atoms with Crippen LogP contribution in [0.25, 0.3) is 22.4 Å². The van der Waals surface area contributed by atoms with E-state index >= 15 is 0 Å². The topological polar surface area (TPSA) is 12.9 Å². The van der Waals surface area contributed by atoms with E-state index in [4.69, 9.17) is 4.98 Å². The van der Waals surface area contributed by atoms with Crippen LogP contribution in [0.2, 0.25) is 0 Å². The van der Waals surface area contributed by atoms with E-state index in [1.807, 2.05) is 0 Å². The molecule has 1 atom stereocenters. The average molecular weight is 440 g/mol. The van der Waals surface area contributed by atoms with Gasteiger partial charge in [-0.25, -0.2) is 0 Å². The minimum atomic E-state index is 0.0880. The maximum Gasteiger partial charge on any atom is 0.0708 e. The maximum absolute atomic E-state index is 5.05. The van der Waals surface area contributed by atoms with Gasteiger partial charge >= 0.3 is 0 Å². The molecule has 0 saturated heterocycles. The van der Waals surface area contributed by atoms with Crippen LogP contribution in [0.15, 0.2) is 48.7 Å². The van der Waals surface area contributed by atoms with Crippen molar-refractivity contribution in [3.05, 3.63) is 76.5 Å². The highest BCUT2D eigenvalue weighted by Gasteiger charge is 2.57. The van der Waals surface area contributed by atoms with Gasteiger partial charge in [0.1, 0.15) is 0 Å². The summed E-state index contributed by atoms with van der Waals surface area (Å²) >= 11 is 0. The zero-order chi connectivity index (χ0) is 24.3. The number of benzene rings is 2. The summed E-state index contributed by atoms with van der Waals surface area (Å²) in [6, 6.07) is 15.9. The molecule has 1 heteroatoms. The van der Waals surface area contributed by atoms with E-state index < -0.39 is 0 Å². The third-order valence-corrected chi connectivity index (χ3v) is 9.63. The summed E-state index contributed by atoms with van der Waals surface area (Å²) in [6.07, 6.45) is 3.21. The fourth-order valence-electron chi connectivity index (χ4n) is 5.82. The lowest BCUT2D eigenvalue weighted by molar-refractivity contribution is 0.125. The van der Waals surface area contributed by atoms with Crippen LogP contribution in [0.1, 0.15) is 95.5 Å². The fourth-order valence-corrected chi connectivity index (χ4v) is 5.82. The third kappa shape index (κ3) is 3.38. The third-order valence-electron chi connectivity index (χ3n) is 9.63. The Balaban J connectivity index is 1.94. The molecule has 1 aromatic heterocycles. The molecule has 2 aromatic carbocycles. The highest BCUT2D eigenvalue weighted by molar-refractivity contribution is 5.75. The Morgan fingerprint density at radius 3 is 1.94 bits per heavy atom. The molecule has 3 aromatic rings. The van der Waals surface area contributed by atoms with Crippen molar-refractivity contribution < 1.29 is 0 Å². The maximum atomic E-state index is 5.05. The van der Waals surface area contributed by atoms with Gasteiger partial charge in [-0.15, -0.1) is 0 Å². The number of hydrogen-bond acceptors (Lipinski definition) is 1. The van der Waals surface area contributed by atoms with Crippen molar-refractivity contribution in [1.82, 2.24) is 4.98 Å². The molecule has 0 aliphatic heterocycles. The Bertz CT molecular complexity index is 1210. The normalized spacial score (nSPS) is 18.7. The van der Waals surface area contributed by atoms with Gasteiger partial charge in [0, 0.05) is 17.3 Å². The van der Waals surface area contributed by atoms with E-state index in [-0.39, 0.29) is 16.2 Å². The lowest BCUT2D eigenvalue weighted by atomic mass is 9.59. The first-order chi connectivity index (χ1) is 15.3. The lowest BCUT2D eigenvalue weighted by Gasteiger charge is -2.44. The van der Waals surface area contributed by atoms with Crippen LogP contribution in [0.3, 0.4) is 0 Å². The summed E-state index contributed by atoms with van der Waals surface area (Å²) in [7, 11) is 0. The molecule has 1 aliphatic rings. The van der Waals surface area contributed by atoms with Crippen molar-refractivity contribution in [2.75, 3.05) is 0 Å². The monoisotopic (exact) mass is 439 g/mol. The Hall–Kier alpha value is -2.41. The molecular formula is C32H41N. The van der Waals surface area contributed by atoms with Gasteiger partial charge in [0.2, 0.25) is 0 Å². The van der Waals surface area contributed by atoms with Gasteiger partial charge in [-0.3, -0.25) is 4.98 Å². The van der Waals surface area contributed by atoms with Crippen LogP contribution >= 0.6 is 0 Å². The minimum absolute atomic E-state index is 0.0880. The molecule has 0 fully saturated rings.